The second-order valence-corrected chi connectivity index (χ2v) is 7.16. The molecular weight excluding hydrogens is 348 g/mol. The summed E-state index contributed by atoms with van der Waals surface area (Å²) in [5, 5.41) is 7.27. The molecule has 4 rings (SSSR count). The van der Waals surface area contributed by atoms with E-state index in [-0.39, 0.29) is 0 Å². The van der Waals surface area contributed by atoms with Crippen LogP contribution in [0.2, 0.25) is 0 Å². The van der Waals surface area contributed by atoms with Crippen molar-refractivity contribution >= 4 is 34.6 Å². The largest absolute Gasteiger partial charge is 0.215 e. The number of aromatic nitrogens is 4. The van der Waals surface area contributed by atoms with Crippen molar-refractivity contribution in [2.45, 2.75) is 15.9 Å². The van der Waals surface area contributed by atoms with Gasteiger partial charge in [-0.1, -0.05) is 60.3 Å². The Balaban J connectivity index is 1.75. The number of benzene rings is 2. The molecule has 4 aromatic rings. The number of hydrogen-bond acceptors (Lipinski definition) is 5. The van der Waals surface area contributed by atoms with E-state index < -0.39 is 0 Å². The zero-order valence-electron chi connectivity index (χ0n) is 13.7. The van der Waals surface area contributed by atoms with Gasteiger partial charge < -0.3 is 0 Å². The zero-order chi connectivity index (χ0) is 17.1. The minimum atomic E-state index is 0.765. The van der Waals surface area contributed by atoms with Gasteiger partial charge in [-0.25, -0.2) is 14.6 Å². The van der Waals surface area contributed by atoms with E-state index in [4.69, 9.17) is 4.98 Å². The predicted molar refractivity (Wildman–Crippen MR) is 104 cm³/mol. The Morgan fingerprint density at radius 1 is 0.920 bits per heavy atom. The van der Waals surface area contributed by atoms with Gasteiger partial charge in [0.05, 0.1) is 17.3 Å². The molecule has 25 heavy (non-hydrogen) atoms. The number of fused-ring (bicyclic) bond motifs is 1. The quantitative estimate of drug-likeness (QED) is 0.288. The summed E-state index contributed by atoms with van der Waals surface area (Å²) in [6, 6.07) is 20.5. The number of para-hydroxylation sites is 1. The minimum Gasteiger partial charge on any atom is -0.215 e. The average Bonchev–Trinajstić information content (AvgIpc) is 3.11. The number of rotatable bonds is 5. The first-order chi connectivity index (χ1) is 12.3. The average molecular weight is 364 g/mol. The molecule has 0 spiro atoms. The molecule has 0 radical (unpaired) electrons. The molecule has 0 unspecified atom stereocenters. The molecule has 0 aliphatic rings. The first-order valence-electron chi connectivity index (χ1n) is 7.87. The van der Waals surface area contributed by atoms with E-state index in [1.54, 1.807) is 23.5 Å². The molecule has 0 aliphatic heterocycles. The zero-order valence-corrected chi connectivity index (χ0v) is 15.3. The van der Waals surface area contributed by atoms with Gasteiger partial charge >= 0.3 is 0 Å². The lowest BCUT2D eigenvalue weighted by Crippen LogP contribution is -1.99. The highest BCUT2D eigenvalue weighted by molar-refractivity contribution is 7.99. The molecule has 0 saturated carbocycles. The van der Waals surface area contributed by atoms with Crippen LogP contribution >= 0.6 is 23.5 Å². The van der Waals surface area contributed by atoms with Gasteiger partial charge in [-0.3, -0.25) is 0 Å². The summed E-state index contributed by atoms with van der Waals surface area (Å²) in [5.74, 6) is 0.872. The number of thioether (sulfide) groups is 2. The van der Waals surface area contributed by atoms with Crippen molar-refractivity contribution in [1.82, 2.24) is 19.7 Å². The van der Waals surface area contributed by atoms with Crippen molar-refractivity contribution in [3.05, 3.63) is 72.4 Å². The SMILES string of the molecule is CSc1nc(SCc2ccccc2)c2cnn(-c3ccccc3)c2n1. The third-order valence-electron chi connectivity index (χ3n) is 3.77. The van der Waals surface area contributed by atoms with Crippen LogP contribution in [0.4, 0.5) is 0 Å². The van der Waals surface area contributed by atoms with E-state index in [1.165, 1.54) is 5.56 Å². The second-order valence-electron chi connectivity index (χ2n) is 5.42. The number of hydrogen-bond donors (Lipinski definition) is 0. The molecule has 4 nitrogen and oxygen atoms in total. The lowest BCUT2D eigenvalue weighted by molar-refractivity contribution is 0.864. The van der Waals surface area contributed by atoms with Crippen LogP contribution < -0.4 is 0 Å². The lowest BCUT2D eigenvalue weighted by Gasteiger charge is -2.06. The van der Waals surface area contributed by atoms with E-state index in [2.05, 4.69) is 34.3 Å². The highest BCUT2D eigenvalue weighted by Crippen LogP contribution is 2.30. The van der Waals surface area contributed by atoms with Crippen molar-refractivity contribution in [2.24, 2.45) is 0 Å². The Labute approximate surface area is 154 Å². The Morgan fingerprint density at radius 3 is 2.36 bits per heavy atom. The van der Waals surface area contributed by atoms with E-state index in [0.29, 0.717) is 0 Å². The summed E-state index contributed by atoms with van der Waals surface area (Å²) in [6.45, 7) is 0. The molecule has 2 aromatic heterocycles. The van der Waals surface area contributed by atoms with Gasteiger partial charge in [-0.05, 0) is 24.0 Å². The normalized spacial score (nSPS) is 11.1. The van der Waals surface area contributed by atoms with Crippen LogP contribution in [0.25, 0.3) is 16.7 Å². The fourth-order valence-corrected chi connectivity index (χ4v) is 3.91. The van der Waals surface area contributed by atoms with Gasteiger partial charge in [-0.2, -0.15) is 5.10 Å². The van der Waals surface area contributed by atoms with Crippen LogP contribution in [0.3, 0.4) is 0 Å². The van der Waals surface area contributed by atoms with Crippen LogP contribution in [0.5, 0.6) is 0 Å². The lowest BCUT2D eigenvalue weighted by atomic mass is 10.2. The first-order valence-corrected chi connectivity index (χ1v) is 10.1. The summed E-state index contributed by atoms with van der Waals surface area (Å²) in [7, 11) is 0. The van der Waals surface area contributed by atoms with Crippen molar-refractivity contribution in [2.75, 3.05) is 6.26 Å². The Bertz CT molecular complexity index is 984. The van der Waals surface area contributed by atoms with E-state index in [9.17, 15) is 0 Å². The van der Waals surface area contributed by atoms with Crippen molar-refractivity contribution in [3.63, 3.8) is 0 Å². The van der Waals surface area contributed by atoms with Crippen LogP contribution in [-0.2, 0) is 5.75 Å². The third kappa shape index (κ3) is 3.41. The van der Waals surface area contributed by atoms with Crippen LogP contribution in [0.1, 0.15) is 5.56 Å². The fraction of sp³-hybridized carbons (Fsp3) is 0.105. The molecule has 0 atom stereocenters. The summed E-state index contributed by atoms with van der Waals surface area (Å²) in [6.07, 6.45) is 3.86. The van der Waals surface area contributed by atoms with Gasteiger partial charge in [-0.15, -0.1) is 11.8 Å². The van der Waals surface area contributed by atoms with Gasteiger partial charge in [0.1, 0.15) is 5.03 Å². The molecule has 2 aromatic carbocycles. The standard InChI is InChI=1S/C19H16N4S2/c1-24-19-21-17-16(12-20-23(17)15-10-6-3-7-11-15)18(22-19)25-13-14-8-4-2-5-9-14/h2-12H,13H2,1H3. The highest BCUT2D eigenvalue weighted by Gasteiger charge is 2.14. The van der Waals surface area contributed by atoms with Gasteiger partial charge in [0.15, 0.2) is 10.8 Å². The molecule has 2 heterocycles. The van der Waals surface area contributed by atoms with Gasteiger partial charge in [0.2, 0.25) is 0 Å². The first kappa shape index (κ1) is 16.2. The maximum atomic E-state index is 4.70. The maximum Gasteiger partial charge on any atom is 0.190 e. The summed E-state index contributed by atoms with van der Waals surface area (Å²) >= 11 is 3.27. The smallest absolute Gasteiger partial charge is 0.190 e. The summed E-state index contributed by atoms with van der Waals surface area (Å²) in [5.41, 5.74) is 3.13. The van der Waals surface area contributed by atoms with E-state index in [1.807, 2.05) is 53.5 Å². The molecule has 0 bridgehead atoms. The Hall–Kier alpha value is -2.31. The second kappa shape index (κ2) is 7.29. The highest BCUT2D eigenvalue weighted by atomic mass is 32.2. The van der Waals surface area contributed by atoms with Crippen LogP contribution in [-0.4, -0.2) is 26.0 Å². The molecular formula is C19H16N4S2. The molecule has 0 saturated heterocycles. The third-order valence-corrected chi connectivity index (χ3v) is 5.38. The number of nitrogens with zero attached hydrogens (tertiary/aromatic N) is 4. The molecule has 0 aliphatic carbocycles. The van der Waals surface area contributed by atoms with Crippen molar-refractivity contribution in [3.8, 4) is 5.69 Å². The van der Waals surface area contributed by atoms with Gasteiger partial charge in [0.25, 0.3) is 0 Å². The molecule has 124 valence electrons. The predicted octanol–water partition coefficient (Wildman–Crippen LogP) is 4.83. The van der Waals surface area contributed by atoms with Crippen molar-refractivity contribution < 1.29 is 0 Å². The summed E-state index contributed by atoms with van der Waals surface area (Å²) < 4.78 is 1.88. The molecule has 0 fully saturated rings. The molecule has 0 N–H and O–H groups in total. The van der Waals surface area contributed by atoms with Crippen molar-refractivity contribution in [1.29, 1.82) is 0 Å². The van der Waals surface area contributed by atoms with Crippen LogP contribution in [0, 0.1) is 0 Å². The maximum absolute atomic E-state index is 4.70. The van der Waals surface area contributed by atoms with Gasteiger partial charge in [0, 0.05) is 5.75 Å². The topological polar surface area (TPSA) is 43.6 Å². The fourth-order valence-electron chi connectivity index (χ4n) is 2.55. The minimum absolute atomic E-state index is 0.765. The van der Waals surface area contributed by atoms with E-state index >= 15 is 0 Å². The molecule has 0 amide bonds. The van der Waals surface area contributed by atoms with Crippen LogP contribution in [0.15, 0.2) is 77.0 Å². The Morgan fingerprint density at radius 2 is 1.64 bits per heavy atom. The Kier molecular flexibility index (Phi) is 4.72. The molecule has 6 heteroatoms. The van der Waals surface area contributed by atoms with E-state index in [0.717, 1.165) is 32.7 Å². The summed E-state index contributed by atoms with van der Waals surface area (Å²) in [4.78, 5) is 9.39. The monoisotopic (exact) mass is 364 g/mol.